The van der Waals surface area contributed by atoms with Crippen molar-refractivity contribution in [2.75, 3.05) is 31.5 Å². The molecule has 1 aliphatic rings. The molecule has 2 N–H and O–H groups in total. The molecule has 1 aliphatic heterocycles. The van der Waals surface area contributed by atoms with Gasteiger partial charge in [-0.3, -0.25) is 15.0 Å². The molecule has 2 aromatic carbocycles. The summed E-state index contributed by atoms with van der Waals surface area (Å²) in [5.74, 6) is -0.157. The molecule has 3 aromatic rings. The van der Waals surface area contributed by atoms with Gasteiger partial charge in [0, 0.05) is 44.3 Å². The van der Waals surface area contributed by atoms with Crippen LogP contribution in [0, 0.1) is 0 Å². The maximum absolute atomic E-state index is 12.6. The number of benzene rings is 2. The van der Waals surface area contributed by atoms with Crippen molar-refractivity contribution in [3.05, 3.63) is 59.7 Å². The Labute approximate surface area is 186 Å². The lowest BCUT2D eigenvalue weighted by molar-refractivity contribution is 0.102. The van der Waals surface area contributed by atoms with E-state index in [0.717, 1.165) is 48.5 Å². The summed E-state index contributed by atoms with van der Waals surface area (Å²) >= 11 is 1.47. The van der Waals surface area contributed by atoms with Crippen LogP contribution in [-0.2, 0) is 6.54 Å². The summed E-state index contributed by atoms with van der Waals surface area (Å²) in [6.45, 7) is 7.87. The van der Waals surface area contributed by atoms with E-state index < -0.39 is 0 Å². The Kier molecular flexibility index (Phi) is 6.48. The topological polar surface area (TPSA) is 77.6 Å². The number of rotatable bonds is 5. The molecule has 162 valence electrons. The molecular formula is C23H27N5O2S. The standard InChI is InChI=1S/C23H27N5O2S/c1-16(2)24-23(30)28-13-11-27(12-14-28)15-17-7-9-18(10-8-17)21(29)26-22-25-19-5-3-4-6-20(19)31-22/h3-10,16H,11-15H2,1-2H3,(H,24,30)(H,25,26,29). The third kappa shape index (κ3) is 5.39. The first kappa shape index (κ1) is 21.3. The van der Waals surface area contributed by atoms with Gasteiger partial charge < -0.3 is 10.2 Å². The minimum Gasteiger partial charge on any atom is -0.336 e. The monoisotopic (exact) mass is 437 g/mol. The third-order valence-electron chi connectivity index (χ3n) is 5.21. The lowest BCUT2D eigenvalue weighted by Crippen LogP contribution is -2.52. The van der Waals surface area contributed by atoms with Gasteiger partial charge in [0.05, 0.1) is 10.2 Å². The van der Waals surface area contributed by atoms with Crippen molar-refractivity contribution in [1.82, 2.24) is 20.1 Å². The zero-order valence-electron chi connectivity index (χ0n) is 17.8. The van der Waals surface area contributed by atoms with Crippen molar-refractivity contribution in [3.8, 4) is 0 Å². The zero-order valence-corrected chi connectivity index (χ0v) is 18.6. The Balaban J connectivity index is 1.29. The first-order valence-corrected chi connectivity index (χ1v) is 11.3. The maximum atomic E-state index is 12.6. The number of aromatic nitrogens is 1. The summed E-state index contributed by atoms with van der Waals surface area (Å²) < 4.78 is 1.05. The fourth-order valence-corrected chi connectivity index (χ4v) is 4.42. The van der Waals surface area contributed by atoms with Gasteiger partial charge in [0.15, 0.2) is 5.13 Å². The molecule has 8 heteroatoms. The molecule has 1 fully saturated rings. The molecule has 31 heavy (non-hydrogen) atoms. The van der Waals surface area contributed by atoms with Crippen LogP contribution in [0.5, 0.6) is 0 Å². The number of carbonyl (C=O) groups excluding carboxylic acids is 2. The second-order valence-corrected chi connectivity index (χ2v) is 9.04. The number of fused-ring (bicyclic) bond motifs is 1. The summed E-state index contributed by atoms with van der Waals surface area (Å²) in [5.41, 5.74) is 2.65. The highest BCUT2D eigenvalue weighted by molar-refractivity contribution is 7.22. The molecule has 1 saturated heterocycles. The number of hydrogen-bond acceptors (Lipinski definition) is 5. The average molecular weight is 438 g/mol. The van der Waals surface area contributed by atoms with Gasteiger partial charge in [0.2, 0.25) is 0 Å². The van der Waals surface area contributed by atoms with Gasteiger partial charge in [-0.25, -0.2) is 9.78 Å². The molecule has 1 aromatic heterocycles. The highest BCUT2D eigenvalue weighted by Gasteiger charge is 2.21. The first-order valence-electron chi connectivity index (χ1n) is 10.5. The number of urea groups is 1. The second kappa shape index (κ2) is 9.45. The van der Waals surface area contributed by atoms with Gasteiger partial charge in [-0.2, -0.15) is 0 Å². The number of anilines is 1. The molecule has 0 radical (unpaired) electrons. The van der Waals surface area contributed by atoms with Gasteiger partial charge >= 0.3 is 6.03 Å². The molecule has 0 bridgehead atoms. The van der Waals surface area contributed by atoms with E-state index in [1.165, 1.54) is 11.3 Å². The first-order chi connectivity index (χ1) is 15.0. The molecule has 0 spiro atoms. The minimum absolute atomic E-state index is 0.0122. The van der Waals surface area contributed by atoms with Crippen LogP contribution in [0.2, 0.25) is 0 Å². The van der Waals surface area contributed by atoms with Crippen molar-refractivity contribution in [2.45, 2.75) is 26.4 Å². The van der Waals surface area contributed by atoms with Crippen LogP contribution in [-0.4, -0.2) is 58.9 Å². The summed E-state index contributed by atoms with van der Waals surface area (Å²) in [6, 6.07) is 15.7. The van der Waals surface area contributed by atoms with Crippen molar-refractivity contribution >= 4 is 38.6 Å². The third-order valence-corrected chi connectivity index (χ3v) is 6.16. The Morgan fingerprint density at radius 3 is 2.42 bits per heavy atom. The Hall–Kier alpha value is -2.97. The zero-order chi connectivity index (χ0) is 21.8. The van der Waals surface area contributed by atoms with Crippen LogP contribution < -0.4 is 10.6 Å². The fourth-order valence-electron chi connectivity index (χ4n) is 3.56. The molecule has 3 amide bonds. The largest absolute Gasteiger partial charge is 0.336 e. The van der Waals surface area contributed by atoms with E-state index >= 15 is 0 Å². The molecule has 4 rings (SSSR count). The lowest BCUT2D eigenvalue weighted by atomic mass is 10.1. The number of carbonyl (C=O) groups is 2. The smallest absolute Gasteiger partial charge is 0.317 e. The predicted molar refractivity (Wildman–Crippen MR) is 125 cm³/mol. The van der Waals surface area contributed by atoms with E-state index in [1.54, 1.807) is 0 Å². The second-order valence-electron chi connectivity index (χ2n) is 8.01. The molecule has 0 saturated carbocycles. The molecule has 0 unspecified atom stereocenters. The van der Waals surface area contributed by atoms with E-state index in [-0.39, 0.29) is 18.0 Å². The number of amides is 3. The summed E-state index contributed by atoms with van der Waals surface area (Å²) in [4.78, 5) is 33.3. The maximum Gasteiger partial charge on any atom is 0.317 e. The van der Waals surface area contributed by atoms with Crippen molar-refractivity contribution in [2.24, 2.45) is 0 Å². The van der Waals surface area contributed by atoms with Crippen LogP contribution in [0.15, 0.2) is 48.5 Å². The van der Waals surface area contributed by atoms with Crippen LogP contribution in [0.1, 0.15) is 29.8 Å². The Bertz CT molecular complexity index is 1020. The average Bonchev–Trinajstić information content (AvgIpc) is 3.16. The number of thiazole rings is 1. The van der Waals surface area contributed by atoms with Crippen LogP contribution in [0.4, 0.5) is 9.93 Å². The predicted octanol–water partition coefficient (Wildman–Crippen LogP) is 3.78. The number of nitrogens with one attached hydrogen (secondary N) is 2. The highest BCUT2D eigenvalue weighted by Crippen LogP contribution is 2.25. The molecular weight excluding hydrogens is 410 g/mol. The normalized spacial score (nSPS) is 14.7. The van der Waals surface area contributed by atoms with Crippen molar-refractivity contribution < 1.29 is 9.59 Å². The lowest BCUT2D eigenvalue weighted by Gasteiger charge is -2.35. The van der Waals surface area contributed by atoms with E-state index in [1.807, 2.05) is 67.3 Å². The van der Waals surface area contributed by atoms with E-state index in [0.29, 0.717) is 10.7 Å². The highest BCUT2D eigenvalue weighted by atomic mass is 32.1. The van der Waals surface area contributed by atoms with Crippen molar-refractivity contribution in [1.29, 1.82) is 0 Å². The summed E-state index contributed by atoms with van der Waals surface area (Å²) in [5, 5.41) is 6.44. The number of nitrogens with zero attached hydrogens (tertiary/aromatic N) is 3. The van der Waals surface area contributed by atoms with E-state index in [9.17, 15) is 9.59 Å². The van der Waals surface area contributed by atoms with Gasteiger partial charge in [0.1, 0.15) is 0 Å². The van der Waals surface area contributed by atoms with E-state index in [4.69, 9.17) is 0 Å². The Morgan fingerprint density at radius 2 is 1.74 bits per heavy atom. The molecule has 0 atom stereocenters. The van der Waals surface area contributed by atoms with Crippen LogP contribution in [0.3, 0.4) is 0 Å². The summed E-state index contributed by atoms with van der Waals surface area (Å²) in [6.07, 6.45) is 0. The van der Waals surface area contributed by atoms with Gasteiger partial charge in [-0.1, -0.05) is 35.6 Å². The number of hydrogen-bond donors (Lipinski definition) is 2. The quantitative estimate of drug-likeness (QED) is 0.637. The number of piperazine rings is 1. The van der Waals surface area contributed by atoms with Crippen LogP contribution >= 0.6 is 11.3 Å². The molecule has 0 aliphatic carbocycles. The SMILES string of the molecule is CC(C)NC(=O)N1CCN(Cc2ccc(C(=O)Nc3nc4ccccc4s3)cc2)CC1. The summed E-state index contributed by atoms with van der Waals surface area (Å²) in [7, 11) is 0. The van der Waals surface area contributed by atoms with Gasteiger partial charge in [-0.05, 0) is 43.7 Å². The van der Waals surface area contributed by atoms with Crippen LogP contribution in [0.25, 0.3) is 10.2 Å². The molecule has 7 nitrogen and oxygen atoms in total. The van der Waals surface area contributed by atoms with Gasteiger partial charge in [-0.15, -0.1) is 0 Å². The molecule has 2 heterocycles. The van der Waals surface area contributed by atoms with Gasteiger partial charge in [0.25, 0.3) is 5.91 Å². The Morgan fingerprint density at radius 1 is 1.03 bits per heavy atom. The van der Waals surface area contributed by atoms with Crippen molar-refractivity contribution in [3.63, 3.8) is 0 Å². The fraction of sp³-hybridized carbons (Fsp3) is 0.348. The minimum atomic E-state index is -0.157. The number of para-hydroxylation sites is 1. The van der Waals surface area contributed by atoms with E-state index in [2.05, 4.69) is 20.5 Å².